The second-order valence-electron chi connectivity index (χ2n) is 5.44. The zero-order chi connectivity index (χ0) is 14.3. The van der Waals surface area contributed by atoms with Gasteiger partial charge in [-0.1, -0.05) is 20.8 Å². The highest BCUT2D eigenvalue weighted by molar-refractivity contribution is 5.37. The Bertz CT molecular complexity index is 365. The fourth-order valence-electron chi connectivity index (χ4n) is 2.03. The number of aromatic nitrogens is 2. The van der Waals surface area contributed by atoms with Crippen molar-refractivity contribution < 1.29 is 0 Å². The van der Waals surface area contributed by atoms with Gasteiger partial charge in [0.25, 0.3) is 0 Å². The van der Waals surface area contributed by atoms with Gasteiger partial charge in [-0.05, 0) is 32.7 Å². The third-order valence-corrected chi connectivity index (χ3v) is 3.29. The molecule has 1 unspecified atom stereocenters. The van der Waals surface area contributed by atoms with Gasteiger partial charge in [0.2, 0.25) is 0 Å². The first-order valence-corrected chi connectivity index (χ1v) is 7.36. The molecule has 0 radical (unpaired) electrons. The SMILES string of the molecule is CCC(C)N(CC)c1cncc(CNCC(C)C)n1. The van der Waals surface area contributed by atoms with Crippen LogP contribution in [0.25, 0.3) is 0 Å². The second-order valence-corrected chi connectivity index (χ2v) is 5.44. The Morgan fingerprint density at radius 3 is 2.53 bits per heavy atom. The van der Waals surface area contributed by atoms with Gasteiger partial charge in [-0.15, -0.1) is 0 Å². The zero-order valence-electron chi connectivity index (χ0n) is 13.0. The van der Waals surface area contributed by atoms with Gasteiger partial charge in [-0.2, -0.15) is 0 Å². The van der Waals surface area contributed by atoms with Gasteiger partial charge < -0.3 is 10.2 Å². The molecule has 0 aromatic carbocycles. The van der Waals surface area contributed by atoms with Crippen LogP contribution in [0.15, 0.2) is 12.4 Å². The minimum absolute atomic E-state index is 0.498. The molecular formula is C15H28N4. The fraction of sp³-hybridized carbons (Fsp3) is 0.733. The Morgan fingerprint density at radius 1 is 1.21 bits per heavy atom. The van der Waals surface area contributed by atoms with Crippen LogP contribution in [0.5, 0.6) is 0 Å². The number of hydrogen-bond acceptors (Lipinski definition) is 4. The summed E-state index contributed by atoms with van der Waals surface area (Å²) in [4.78, 5) is 11.3. The van der Waals surface area contributed by atoms with Crippen LogP contribution in [-0.4, -0.2) is 29.1 Å². The molecule has 4 heteroatoms. The molecule has 1 atom stereocenters. The number of anilines is 1. The molecule has 0 fully saturated rings. The van der Waals surface area contributed by atoms with Crippen LogP contribution in [0.4, 0.5) is 5.82 Å². The molecule has 1 N–H and O–H groups in total. The van der Waals surface area contributed by atoms with Crippen molar-refractivity contribution in [2.75, 3.05) is 18.0 Å². The van der Waals surface area contributed by atoms with Crippen molar-refractivity contribution in [2.24, 2.45) is 5.92 Å². The highest BCUT2D eigenvalue weighted by atomic mass is 15.2. The van der Waals surface area contributed by atoms with Gasteiger partial charge in [-0.25, -0.2) is 4.98 Å². The van der Waals surface area contributed by atoms with E-state index in [0.29, 0.717) is 12.0 Å². The topological polar surface area (TPSA) is 41.1 Å². The summed E-state index contributed by atoms with van der Waals surface area (Å²) in [6.45, 7) is 13.8. The standard InChI is InChI=1S/C15H28N4/c1-6-13(5)19(7-2)15-11-17-10-14(18-15)9-16-8-12(3)4/h10-13,16H,6-9H2,1-5H3. The predicted octanol–water partition coefficient (Wildman–Crippen LogP) is 2.85. The molecular weight excluding hydrogens is 236 g/mol. The van der Waals surface area contributed by atoms with Crippen LogP contribution in [0.3, 0.4) is 0 Å². The van der Waals surface area contributed by atoms with Crippen LogP contribution in [-0.2, 0) is 6.54 Å². The summed E-state index contributed by atoms with van der Waals surface area (Å²) in [5, 5.41) is 3.41. The quantitative estimate of drug-likeness (QED) is 0.784. The molecule has 0 saturated carbocycles. The highest BCUT2D eigenvalue weighted by Gasteiger charge is 2.12. The molecule has 0 aliphatic rings. The van der Waals surface area contributed by atoms with Crippen LogP contribution in [0.1, 0.15) is 46.7 Å². The van der Waals surface area contributed by atoms with Gasteiger partial charge in [0.1, 0.15) is 5.82 Å². The van der Waals surface area contributed by atoms with Crippen LogP contribution < -0.4 is 10.2 Å². The average molecular weight is 264 g/mol. The summed E-state index contributed by atoms with van der Waals surface area (Å²) in [7, 11) is 0. The van der Waals surface area contributed by atoms with Gasteiger partial charge in [0, 0.05) is 25.3 Å². The minimum Gasteiger partial charge on any atom is -0.353 e. The van der Waals surface area contributed by atoms with E-state index in [2.05, 4.69) is 49.8 Å². The van der Waals surface area contributed by atoms with E-state index < -0.39 is 0 Å². The maximum absolute atomic E-state index is 4.71. The molecule has 0 saturated heterocycles. The smallest absolute Gasteiger partial charge is 0.147 e. The van der Waals surface area contributed by atoms with Crippen molar-refractivity contribution in [1.29, 1.82) is 0 Å². The van der Waals surface area contributed by atoms with Crippen LogP contribution in [0.2, 0.25) is 0 Å². The molecule has 0 amide bonds. The molecule has 0 spiro atoms. The predicted molar refractivity (Wildman–Crippen MR) is 81.3 cm³/mol. The summed E-state index contributed by atoms with van der Waals surface area (Å²) < 4.78 is 0. The first-order chi connectivity index (χ1) is 9.08. The third kappa shape index (κ3) is 5.15. The molecule has 0 aliphatic heterocycles. The highest BCUT2D eigenvalue weighted by Crippen LogP contribution is 2.14. The van der Waals surface area contributed by atoms with Crippen molar-refractivity contribution in [3.63, 3.8) is 0 Å². The Hall–Kier alpha value is -1.16. The largest absolute Gasteiger partial charge is 0.353 e. The van der Waals surface area contributed by atoms with Crippen molar-refractivity contribution in [2.45, 2.75) is 53.6 Å². The van der Waals surface area contributed by atoms with E-state index >= 15 is 0 Å². The molecule has 1 aromatic heterocycles. The van der Waals surface area contributed by atoms with E-state index in [1.807, 2.05) is 12.4 Å². The fourth-order valence-corrected chi connectivity index (χ4v) is 2.03. The van der Waals surface area contributed by atoms with Gasteiger partial charge in [-0.3, -0.25) is 4.98 Å². The van der Waals surface area contributed by atoms with Crippen molar-refractivity contribution in [3.8, 4) is 0 Å². The zero-order valence-corrected chi connectivity index (χ0v) is 13.0. The minimum atomic E-state index is 0.498. The van der Waals surface area contributed by atoms with Crippen molar-refractivity contribution in [1.82, 2.24) is 15.3 Å². The lowest BCUT2D eigenvalue weighted by atomic mass is 10.2. The maximum Gasteiger partial charge on any atom is 0.147 e. The number of hydrogen-bond donors (Lipinski definition) is 1. The summed E-state index contributed by atoms with van der Waals surface area (Å²) in [6.07, 6.45) is 4.83. The second kappa shape index (κ2) is 8.10. The number of nitrogens with one attached hydrogen (secondary N) is 1. The first kappa shape index (κ1) is 15.9. The van der Waals surface area contributed by atoms with Crippen molar-refractivity contribution >= 4 is 5.82 Å². The van der Waals surface area contributed by atoms with Gasteiger partial charge in [0.15, 0.2) is 0 Å². The molecule has 4 nitrogen and oxygen atoms in total. The van der Waals surface area contributed by atoms with Crippen LogP contribution >= 0.6 is 0 Å². The lowest BCUT2D eigenvalue weighted by Gasteiger charge is -2.28. The summed E-state index contributed by atoms with van der Waals surface area (Å²) in [5.74, 6) is 1.64. The monoisotopic (exact) mass is 264 g/mol. The Labute approximate surface area is 117 Å². The van der Waals surface area contributed by atoms with E-state index in [-0.39, 0.29) is 0 Å². The molecule has 0 aliphatic carbocycles. The lowest BCUT2D eigenvalue weighted by Crippen LogP contribution is -2.33. The van der Waals surface area contributed by atoms with E-state index in [1.54, 1.807) is 0 Å². The molecule has 0 bridgehead atoms. The normalized spacial score (nSPS) is 12.7. The van der Waals surface area contributed by atoms with Gasteiger partial charge >= 0.3 is 0 Å². The van der Waals surface area contributed by atoms with Crippen LogP contribution in [0, 0.1) is 5.92 Å². The van der Waals surface area contributed by atoms with E-state index in [4.69, 9.17) is 4.98 Å². The summed E-state index contributed by atoms with van der Waals surface area (Å²) >= 11 is 0. The molecule has 1 rings (SSSR count). The van der Waals surface area contributed by atoms with E-state index in [9.17, 15) is 0 Å². The average Bonchev–Trinajstić information content (AvgIpc) is 2.39. The lowest BCUT2D eigenvalue weighted by molar-refractivity contribution is 0.546. The first-order valence-electron chi connectivity index (χ1n) is 7.36. The summed E-state index contributed by atoms with van der Waals surface area (Å²) in [6, 6.07) is 0.498. The third-order valence-electron chi connectivity index (χ3n) is 3.29. The maximum atomic E-state index is 4.71. The van der Waals surface area contributed by atoms with E-state index in [0.717, 1.165) is 37.6 Å². The van der Waals surface area contributed by atoms with Gasteiger partial charge in [0.05, 0.1) is 11.9 Å². The Kier molecular flexibility index (Phi) is 6.78. The molecule has 1 aromatic rings. The van der Waals surface area contributed by atoms with E-state index in [1.165, 1.54) is 0 Å². The molecule has 19 heavy (non-hydrogen) atoms. The van der Waals surface area contributed by atoms with Crippen molar-refractivity contribution in [3.05, 3.63) is 18.1 Å². The Morgan fingerprint density at radius 2 is 1.95 bits per heavy atom. The molecule has 1 heterocycles. The number of rotatable bonds is 8. The number of nitrogens with zero attached hydrogens (tertiary/aromatic N) is 3. The Balaban J connectivity index is 2.69. The molecule has 108 valence electrons. The summed E-state index contributed by atoms with van der Waals surface area (Å²) in [5.41, 5.74) is 1.01.